The summed E-state index contributed by atoms with van der Waals surface area (Å²) in [6.07, 6.45) is 1.01. The normalized spacial score (nSPS) is 13.2. The molecule has 0 saturated carbocycles. The van der Waals surface area contributed by atoms with Crippen molar-refractivity contribution < 1.29 is 0 Å². The average molecular weight is 192 g/mol. The van der Waals surface area contributed by atoms with Gasteiger partial charge in [-0.2, -0.15) is 0 Å². The van der Waals surface area contributed by atoms with Gasteiger partial charge in [0.2, 0.25) is 0 Å². The number of rotatable bonds is 4. The zero-order valence-corrected chi connectivity index (χ0v) is 9.33. The van der Waals surface area contributed by atoms with Crippen molar-refractivity contribution in [3.8, 4) is 0 Å². The minimum Gasteiger partial charge on any atom is -0.324 e. The van der Waals surface area contributed by atoms with E-state index in [9.17, 15) is 0 Å². The summed E-state index contributed by atoms with van der Waals surface area (Å²) in [7, 11) is 4.14. The standard InChI is InChI=1S/C12H20N2/c1-10-4-6-11(7-5-10)12(13)8-9-14(2)3/h4-7,12H,8-9,13H2,1-3H3. The molecule has 0 saturated heterocycles. The third-order valence-electron chi connectivity index (χ3n) is 2.39. The third kappa shape index (κ3) is 3.48. The van der Waals surface area contributed by atoms with Gasteiger partial charge in [0.05, 0.1) is 0 Å². The maximum absolute atomic E-state index is 6.07. The van der Waals surface area contributed by atoms with Crippen LogP contribution in [0.15, 0.2) is 24.3 Å². The molecule has 14 heavy (non-hydrogen) atoms. The highest BCUT2D eigenvalue weighted by Crippen LogP contribution is 2.14. The van der Waals surface area contributed by atoms with Crippen molar-refractivity contribution in [3.63, 3.8) is 0 Å². The molecule has 0 bridgehead atoms. The van der Waals surface area contributed by atoms with Crippen LogP contribution in [0.4, 0.5) is 0 Å². The van der Waals surface area contributed by atoms with Crippen LogP contribution in [0.2, 0.25) is 0 Å². The van der Waals surface area contributed by atoms with Gasteiger partial charge in [0.15, 0.2) is 0 Å². The monoisotopic (exact) mass is 192 g/mol. The first-order chi connectivity index (χ1) is 6.59. The van der Waals surface area contributed by atoms with Crippen molar-refractivity contribution in [1.29, 1.82) is 0 Å². The molecule has 0 amide bonds. The molecule has 0 radical (unpaired) electrons. The maximum atomic E-state index is 6.07. The molecule has 0 aliphatic heterocycles. The van der Waals surface area contributed by atoms with Gasteiger partial charge in [-0.05, 0) is 39.5 Å². The van der Waals surface area contributed by atoms with Gasteiger partial charge < -0.3 is 10.6 Å². The predicted molar refractivity (Wildman–Crippen MR) is 61.3 cm³/mol. The topological polar surface area (TPSA) is 29.3 Å². The number of benzene rings is 1. The number of hydrogen-bond donors (Lipinski definition) is 1. The molecule has 0 aliphatic carbocycles. The molecular formula is C12H20N2. The van der Waals surface area contributed by atoms with Crippen LogP contribution in [-0.2, 0) is 0 Å². The minimum absolute atomic E-state index is 0.165. The molecule has 2 nitrogen and oxygen atoms in total. The molecule has 1 aromatic carbocycles. The van der Waals surface area contributed by atoms with E-state index in [1.54, 1.807) is 0 Å². The number of nitrogens with two attached hydrogens (primary N) is 1. The second kappa shape index (κ2) is 5.13. The van der Waals surface area contributed by atoms with Gasteiger partial charge in [-0.1, -0.05) is 29.8 Å². The SMILES string of the molecule is Cc1ccc(C(N)CCN(C)C)cc1. The summed E-state index contributed by atoms with van der Waals surface area (Å²) >= 11 is 0. The van der Waals surface area contributed by atoms with Gasteiger partial charge in [-0.3, -0.25) is 0 Å². The van der Waals surface area contributed by atoms with Gasteiger partial charge in [-0.25, -0.2) is 0 Å². The van der Waals surface area contributed by atoms with Gasteiger partial charge >= 0.3 is 0 Å². The Kier molecular flexibility index (Phi) is 4.11. The van der Waals surface area contributed by atoms with E-state index < -0.39 is 0 Å². The van der Waals surface area contributed by atoms with Crippen LogP contribution in [0.25, 0.3) is 0 Å². The summed E-state index contributed by atoms with van der Waals surface area (Å²) in [6.45, 7) is 3.13. The van der Waals surface area contributed by atoms with Crippen LogP contribution in [0, 0.1) is 6.92 Å². The van der Waals surface area contributed by atoms with Gasteiger partial charge in [0, 0.05) is 6.04 Å². The second-order valence-corrected chi connectivity index (χ2v) is 4.11. The van der Waals surface area contributed by atoms with E-state index in [1.165, 1.54) is 11.1 Å². The van der Waals surface area contributed by atoms with E-state index >= 15 is 0 Å². The highest BCUT2D eigenvalue weighted by atomic mass is 15.0. The Balaban J connectivity index is 2.52. The lowest BCUT2D eigenvalue weighted by atomic mass is 10.0. The molecule has 2 N–H and O–H groups in total. The lowest BCUT2D eigenvalue weighted by Crippen LogP contribution is -2.20. The molecule has 0 aromatic heterocycles. The lowest BCUT2D eigenvalue weighted by Gasteiger charge is -2.15. The summed E-state index contributed by atoms with van der Waals surface area (Å²) < 4.78 is 0. The number of aryl methyl sites for hydroxylation is 1. The van der Waals surface area contributed by atoms with Crippen LogP contribution in [0.3, 0.4) is 0 Å². The summed E-state index contributed by atoms with van der Waals surface area (Å²) in [6, 6.07) is 8.64. The Morgan fingerprint density at radius 2 is 1.79 bits per heavy atom. The zero-order valence-electron chi connectivity index (χ0n) is 9.33. The smallest absolute Gasteiger partial charge is 0.0307 e. The number of nitrogens with zero attached hydrogens (tertiary/aromatic N) is 1. The first kappa shape index (κ1) is 11.2. The minimum atomic E-state index is 0.165. The van der Waals surface area contributed by atoms with Crippen molar-refractivity contribution >= 4 is 0 Å². The quantitative estimate of drug-likeness (QED) is 0.790. The van der Waals surface area contributed by atoms with Gasteiger partial charge in [-0.15, -0.1) is 0 Å². The van der Waals surface area contributed by atoms with E-state index in [0.29, 0.717) is 0 Å². The van der Waals surface area contributed by atoms with Crippen molar-refractivity contribution in [2.75, 3.05) is 20.6 Å². The summed E-state index contributed by atoms with van der Waals surface area (Å²) in [5.41, 5.74) is 8.59. The molecular weight excluding hydrogens is 172 g/mol. The molecule has 1 aromatic rings. The van der Waals surface area contributed by atoms with E-state index in [4.69, 9.17) is 5.73 Å². The Morgan fingerprint density at radius 3 is 2.29 bits per heavy atom. The first-order valence-electron chi connectivity index (χ1n) is 5.06. The van der Waals surface area contributed by atoms with Gasteiger partial charge in [0.1, 0.15) is 0 Å². The van der Waals surface area contributed by atoms with Crippen molar-refractivity contribution in [2.45, 2.75) is 19.4 Å². The average Bonchev–Trinajstić information content (AvgIpc) is 2.15. The van der Waals surface area contributed by atoms with Crippen LogP contribution >= 0.6 is 0 Å². The van der Waals surface area contributed by atoms with Crippen molar-refractivity contribution in [2.24, 2.45) is 5.73 Å². The van der Waals surface area contributed by atoms with Crippen LogP contribution in [0.1, 0.15) is 23.6 Å². The molecule has 1 rings (SSSR count). The summed E-state index contributed by atoms with van der Waals surface area (Å²) in [5.74, 6) is 0. The zero-order chi connectivity index (χ0) is 10.6. The fraction of sp³-hybridized carbons (Fsp3) is 0.500. The maximum Gasteiger partial charge on any atom is 0.0307 e. The third-order valence-corrected chi connectivity index (χ3v) is 2.39. The largest absolute Gasteiger partial charge is 0.324 e. The van der Waals surface area contributed by atoms with Crippen LogP contribution < -0.4 is 5.73 Å². The predicted octanol–water partition coefficient (Wildman–Crippen LogP) is 1.95. The molecule has 78 valence electrons. The fourth-order valence-electron chi connectivity index (χ4n) is 1.38. The molecule has 0 fully saturated rings. The second-order valence-electron chi connectivity index (χ2n) is 4.11. The van der Waals surface area contributed by atoms with E-state index in [0.717, 1.165) is 13.0 Å². The molecule has 0 heterocycles. The van der Waals surface area contributed by atoms with E-state index in [-0.39, 0.29) is 6.04 Å². The van der Waals surface area contributed by atoms with Gasteiger partial charge in [0.25, 0.3) is 0 Å². The Bertz CT molecular complexity index is 264. The highest BCUT2D eigenvalue weighted by Gasteiger charge is 2.05. The Hall–Kier alpha value is -0.860. The van der Waals surface area contributed by atoms with Crippen molar-refractivity contribution in [3.05, 3.63) is 35.4 Å². The van der Waals surface area contributed by atoms with Crippen LogP contribution in [-0.4, -0.2) is 25.5 Å². The highest BCUT2D eigenvalue weighted by molar-refractivity contribution is 5.23. The fourth-order valence-corrected chi connectivity index (χ4v) is 1.38. The van der Waals surface area contributed by atoms with E-state index in [2.05, 4.69) is 50.2 Å². The molecule has 0 aliphatic rings. The first-order valence-corrected chi connectivity index (χ1v) is 5.06. The van der Waals surface area contributed by atoms with E-state index in [1.807, 2.05) is 0 Å². The Labute approximate surface area is 86.7 Å². The number of hydrogen-bond acceptors (Lipinski definition) is 2. The lowest BCUT2D eigenvalue weighted by molar-refractivity contribution is 0.382. The molecule has 2 heteroatoms. The van der Waals surface area contributed by atoms with Crippen molar-refractivity contribution in [1.82, 2.24) is 4.90 Å². The molecule has 0 spiro atoms. The van der Waals surface area contributed by atoms with Crippen LogP contribution in [0.5, 0.6) is 0 Å². The summed E-state index contributed by atoms with van der Waals surface area (Å²) in [5, 5.41) is 0. The summed E-state index contributed by atoms with van der Waals surface area (Å²) in [4.78, 5) is 2.16. The Morgan fingerprint density at radius 1 is 1.21 bits per heavy atom. The molecule has 1 unspecified atom stereocenters. The molecule has 1 atom stereocenters.